The standard InChI is InChI=1S/C14H17N3/c1-10-5-2-3-8-13(10)17-9-11-6-4-7-12(15)14(11)16-17/h2-3,5,8-9,12H,4,6-7,15H2,1H3. The van der Waals surface area contributed by atoms with Gasteiger partial charge in [0.05, 0.1) is 11.4 Å². The fourth-order valence-electron chi connectivity index (χ4n) is 2.52. The molecule has 0 aliphatic heterocycles. The van der Waals surface area contributed by atoms with Crippen molar-refractivity contribution < 1.29 is 0 Å². The molecule has 88 valence electrons. The Morgan fingerprint density at radius 2 is 2.18 bits per heavy atom. The number of rotatable bonds is 1. The molecule has 0 saturated carbocycles. The molecule has 0 radical (unpaired) electrons. The van der Waals surface area contributed by atoms with Crippen LogP contribution in [0.2, 0.25) is 0 Å². The van der Waals surface area contributed by atoms with Crippen LogP contribution in [0.4, 0.5) is 0 Å². The van der Waals surface area contributed by atoms with Gasteiger partial charge in [-0.3, -0.25) is 0 Å². The molecule has 17 heavy (non-hydrogen) atoms. The second-order valence-electron chi connectivity index (χ2n) is 4.77. The average molecular weight is 227 g/mol. The largest absolute Gasteiger partial charge is 0.323 e. The summed E-state index contributed by atoms with van der Waals surface area (Å²) in [4.78, 5) is 0. The van der Waals surface area contributed by atoms with Crippen molar-refractivity contribution in [2.75, 3.05) is 0 Å². The number of aromatic nitrogens is 2. The molecule has 1 aromatic carbocycles. The summed E-state index contributed by atoms with van der Waals surface area (Å²) >= 11 is 0. The normalized spacial score (nSPS) is 19.1. The van der Waals surface area contributed by atoms with Crippen molar-refractivity contribution in [3.8, 4) is 5.69 Å². The Balaban J connectivity index is 2.08. The third-order valence-corrected chi connectivity index (χ3v) is 3.50. The van der Waals surface area contributed by atoms with Gasteiger partial charge in [-0.25, -0.2) is 4.68 Å². The van der Waals surface area contributed by atoms with Gasteiger partial charge < -0.3 is 5.73 Å². The van der Waals surface area contributed by atoms with Crippen LogP contribution in [-0.2, 0) is 6.42 Å². The van der Waals surface area contributed by atoms with Crippen LogP contribution >= 0.6 is 0 Å². The zero-order valence-corrected chi connectivity index (χ0v) is 10.1. The summed E-state index contributed by atoms with van der Waals surface area (Å²) in [6.45, 7) is 2.11. The molecule has 0 amide bonds. The first-order chi connectivity index (χ1) is 8.25. The first-order valence-corrected chi connectivity index (χ1v) is 6.16. The third kappa shape index (κ3) is 1.76. The van der Waals surface area contributed by atoms with Crippen molar-refractivity contribution in [3.05, 3.63) is 47.3 Å². The molecule has 1 heterocycles. The first-order valence-electron chi connectivity index (χ1n) is 6.16. The maximum atomic E-state index is 6.10. The van der Waals surface area contributed by atoms with Crippen molar-refractivity contribution in [3.63, 3.8) is 0 Å². The molecule has 2 aromatic rings. The molecule has 1 aliphatic rings. The predicted molar refractivity (Wildman–Crippen MR) is 68.2 cm³/mol. The van der Waals surface area contributed by atoms with E-state index in [-0.39, 0.29) is 6.04 Å². The van der Waals surface area contributed by atoms with Crippen LogP contribution in [0.5, 0.6) is 0 Å². The van der Waals surface area contributed by atoms with E-state index in [1.54, 1.807) is 0 Å². The van der Waals surface area contributed by atoms with Crippen LogP contribution in [-0.4, -0.2) is 9.78 Å². The van der Waals surface area contributed by atoms with E-state index in [0.29, 0.717) is 0 Å². The summed E-state index contributed by atoms with van der Waals surface area (Å²) in [6.07, 6.45) is 5.47. The van der Waals surface area contributed by atoms with E-state index in [1.165, 1.54) is 17.5 Å². The van der Waals surface area contributed by atoms with E-state index in [0.717, 1.165) is 24.2 Å². The van der Waals surface area contributed by atoms with Crippen molar-refractivity contribution in [1.29, 1.82) is 0 Å². The molecule has 1 aromatic heterocycles. The number of hydrogen-bond donors (Lipinski definition) is 1. The Morgan fingerprint density at radius 1 is 1.35 bits per heavy atom. The van der Waals surface area contributed by atoms with E-state index < -0.39 is 0 Å². The molecule has 1 atom stereocenters. The predicted octanol–water partition coefficient (Wildman–Crippen LogP) is 2.52. The van der Waals surface area contributed by atoms with E-state index in [4.69, 9.17) is 5.73 Å². The van der Waals surface area contributed by atoms with E-state index >= 15 is 0 Å². The first kappa shape index (κ1) is 10.5. The fraction of sp³-hybridized carbons (Fsp3) is 0.357. The lowest BCUT2D eigenvalue weighted by atomic mass is 9.95. The molecule has 1 unspecified atom stereocenters. The van der Waals surface area contributed by atoms with Gasteiger partial charge in [-0.1, -0.05) is 18.2 Å². The average Bonchev–Trinajstić information content (AvgIpc) is 2.75. The summed E-state index contributed by atoms with van der Waals surface area (Å²) in [6, 6.07) is 8.41. The van der Waals surface area contributed by atoms with Gasteiger partial charge in [-0.05, 0) is 43.4 Å². The van der Waals surface area contributed by atoms with Gasteiger partial charge in [0.2, 0.25) is 0 Å². The highest BCUT2D eigenvalue weighted by atomic mass is 15.3. The molecule has 3 nitrogen and oxygen atoms in total. The highest BCUT2D eigenvalue weighted by Crippen LogP contribution is 2.27. The van der Waals surface area contributed by atoms with Gasteiger partial charge in [0, 0.05) is 12.2 Å². The monoisotopic (exact) mass is 227 g/mol. The van der Waals surface area contributed by atoms with Gasteiger partial charge in [-0.15, -0.1) is 0 Å². The fourth-order valence-corrected chi connectivity index (χ4v) is 2.52. The van der Waals surface area contributed by atoms with Crippen molar-refractivity contribution in [2.45, 2.75) is 32.2 Å². The minimum atomic E-state index is 0.115. The summed E-state index contributed by atoms with van der Waals surface area (Å²) in [5, 5.41) is 4.65. The molecule has 3 heteroatoms. The van der Waals surface area contributed by atoms with Gasteiger partial charge in [-0.2, -0.15) is 5.10 Å². The van der Waals surface area contributed by atoms with Crippen LogP contribution in [0.25, 0.3) is 5.69 Å². The van der Waals surface area contributed by atoms with Crippen LogP contribution in [0, 0.1) is 6.92 Å². The minimum absolute atomic E-state index is 0.115. The molecule has 0 fully saturated rings. The zero-order chi connectivity index (χ0) is 11.8. The van der Waals surface area contributed by atoms with Gasteiger partial charge in [0.25, 0.3) is 0 Å². The number of para-hydroxylation sites is 1. The zero-order valence-electron chi connectivity index (χ0n) is 10.1. The van der Waals surface area contributed by atoms with Crippen LogP contribution in [0.3, 0.4) is 0 Å². The molecule has 0 bridgehead atoms. The topological polar surface area (TPSA) is 43.8 Å². The molecule has 0 saturated heterocycles. The van der Waals surface area contributed by atoms with Gasteiger partial charge in [0.1, 0.15) is 0 Å². The van der Waals surface area contributed by atoms with Crippen molar-refractivity contribution in [1.82, 2.24) is 9.78 Å². The van der Waals surface area contributed by atoms with Crippen molar-refractivity contribution >= 4 is 0 Å². The Labute approximate surface area is 101 Å². The number of hydrogen-bond acceptors (Lipinski definition) is 2. The molecule has 0 spiro atoms. The number of nitrogens with zero attached hydrogens (tertiary/aromatic N) is 2. The van der Waals surface area contributed by atoms with Crippen LogP contribution in [0.15, 0.2) is 30.5 Å². The summed E-state index contributed by atoms with van der Waals surface area (Å²) < 4.78 is 1.98. The lowest BCUT2D eigenvalue weighted by Gasteiger charge is -2.15. The Kier molecular flexibility index (Phi) is 2.48. The Hall–Kier alpha value is -1.61. The number of aryl methyl sites for hydroxylation is 2. The Morgan fingerprint density at radius 3 is 2.94 bits per heavy atom. The second-order valence-corrected chi connectivity index (χ2v) is 4.77. The van der Waals surface area contributed by atoms with E-state index in [9.17, 15) is 0 Å². The highest BCUT2D eigenvalue weighted by molar-refractivity contribution is 5.40. The third-order valence-electron chi connectivity index (χ3n) is 3.50. The second kappa shape index (κ2) is 4.00. The van der Waals surface area contributed by atoms with Gasteiger partial charge in [0.15, 0.2) is 0 Å². The lowest BCUT2D eigenvalue weighted by molar-refractivity contribution is 0.555. The summed E-state index contributed by atoms with van der Waals surface area (Å²) in [7, 11) is 0. The maximum Gasteiger partial charge on any atom is 0.0828 e. The lowest BCUT2D eigenvalue weighted by Crippen LogP contribution is -2.17. The highest BCUT2D eigenvalue weighted by Gasteiger charge is 2.21. The number of benzene rings is 1. The Bertz CT molecular complexity index is 542. The SMILES string of the molecule is Cc1ccccc1-n1cc2c(n1)C(N)CCC2. The molecule has 2 N–H and O–H groups in total. The smallest absolute Gasteiger partial charge is 0.0828 e. The minimum Gasteiger partial charge on any atom is -0.323 e. The maximum absolute atomic E-state index is 6.10. The van der Waals surface area contributed by atoms with E-state index in [1.807, 2.05) is 16.8 Å². The summed E-state index contributed by atoms with van der Waals surface area (Å²) in [5.41, 5.74) is 10.9. The quantitative estimate of drug-likeness (QED) is 0.813. The van der Waals surface area contributed by atoms with Crippen LogP contribution < -0.4 is 5.73 Å². The van der Waals surface area contributed by atoms with Crippen LogP contribution in [0.1, 0.15) is 35.7 Å². The molecule has 1 aliphatic carbocycles. The van der Waals surface area contributed by atoms with E-state index in [2.05, 4.69) is 30.4 Å². The molecule has 3 rings (SSSR count). The number of fused-ring (bicyclic) bond motifs is 1. The summed E-state index contributed by atoms with van der Waals surface area (Å²) in [5.74, 6) is 0. The molecular formula is C14H17N3. The number of nitrogens with two attached hydrogens (primary N) is 1. The van der Waals surface area contributed by atoms with Crippen molar-refractivity contribution in [2.24, 2.45) is 5.73 Å². The van der Waals surface area contributed by atoms with Gasteiger partial charge >= 0.3 is 0 Å². The molecular weight excluding hydrogens is 210 g/mol.